The minimum atomic E-state index is -3.79. The van der Waals surface area contributed by atoms with Gasteiger partial charge in [-0.05, 0) is 75.9 Å². The highest BCUT2D eigenvalue weighted by molar-refractivity contribution is 7.91. The van der Waals surface area contributed by atoms with Crippen LogP contribution in [0.15, 0.2) is 52.4 Å². The Morgan fingerprint density at radius 2 is 1.55 bits per heavy atom. The Morgan fingerprint density at radius 3 is 2.16 bits per heavy atom. The first kappa shape index (κ1) is 21.3. The zero-order valence-electron chi connectivity index (χ0n) is 18.4. The van der Waals surface area contributed by atoms with Crippen molar-refractivity contribution in [2.75, 3.05) is 23.3 Å². The number of hydrogen-bond donors (Lipinski definition) is 1. The maximum absolute atomic E-state index is 13.5. The summed E-state index contributed by atoms with van der Waals surface area (Å²) < 4.78 is 27.0. The van der Waals surface area contributed by atoms with Crippen LogP contribution in [0.5, 0.6) is 0 Å². The van der Waals surface area contributed by atoms with E-state index in [1.165, 1.54) is 19.0 Å². The minimum Gasteiger partial charge on any atom is -0.372 e. The predicted octanol–water partition coefficient (Wildman–Crippen LogP) is 4.89. The fourth-order valence-corrected chi connectivity index (χ4v) is 5.47. The van der Waals surface area contributed by atoms with Crippen LogP contribution in [0.3, 0.4) is 0 Å². The number of anilines is 3. The van der Waals surface area contributed by atoms with Crippen LogP contribution in [0.4, 0.5) is 17.2 Å². The molecule has 1 N–H and O–H groups in total. The highest BCUT2D eigenvalue weighted by Crippen LogP contribution is 2.32. The number of aryl methyl sites for hydroxylation is 4. The van der Waals surface area contributed by atoms with Crippen LogP contribution in [0, 0.1) is 27.7 Å². The Balaban J connectivity index is 1.72. The Labute approximate surface area is 184 Å². The number of nitrogens with one attached hydrogen (secondary N) is 1. The van der Waals surface area contributed by atoms with Crippen molar-refractivity contribution in [3.8, 4) is 0 Å². The standard InChI is InChI=1S/C24H28N4O2S/c1-16-13-17(2)23(18(3)14-16)27-24-22(15-25-19(4)26-24)31(29,30)21-9-7-20(8-10-21)28-11-5-6-12-28/h7-10,13-15H,5-6,11-12H2,1-4H3,(H,25,26,27). The molecule has 1 fully saturated rings. The molecule has 0 radical (unpaired) electrons. The van der Waals surface area contributed by atoms with E-state index in [0.29, 0.717) is 11.6 Å². The zero-order chi connectivity index (χ0) is 22.2. The van der Waals surface area contributed by atoms with Crippen LogP contribution in [0.1, 0.15) is 35.4 Å². The molecule has 7 heteroatoms. The molecule has 4 rings (SSSR count). The molecule has 0 saturated carbocycles. The van der Waals surface area contributed by atoms with Gasteiger partial charge >= 0.3 is 0 Å². The summed E-state index contributed by atoms with van der Waals surface area (Å²) in [5, 5.41) is 3.27. The van der Waals surface area contributed by atoms with E-state index >= 15 is 0 Å². The van der Waals surface area contributed by atoms with E-state index in [4.69, 9.17) is 0 Å². The van der Waals surface area contributed by atoms with Crippen molar-refractivity contribution in [2.24, 2.45) is 0 Å². The van der Waals surface area contributed by atoms with Crippen molar-refractivity contribution < 1.29 is 8.42 Å². The minimum absolute atomic E-state index is 0.0754. The molecule has 1 aromatic heterocycles. The van der Waals surface area contributed by atoms with Crippen molar-refractivity contribution in [1.82, 2.24) is 9.97 Å². The third-order valence-electron chi connectivity index (χ3n) is 5.70. The van der Waals surface area contributed by atoms with Gasteiger partial charge in [-0.25, -0.2) is 18.4 Å². The third kappa shape index (κ3) is 4.28. The number of rotatable bonds is 5. The maximum Gasteiger partial charge on any atom is 0.211 e. The molecule has 1 aliphatic heterocycles. The molecule has 2 aromatic carbocycles. The lowest BCUT2D eigenvalue weighted by Crippen LogP contribution is -2.17. The van der Waals surface area contributed by atoms with Crippen molar-refractivity contribution in [2.45, 2.75) is 50.3 Å². The van der Waals surface area contributed by atoms with Gasteiger partial charge in [0.2, 0.25) is 9.84 Å². The number of sulfone groups is 1. The highest BCUT2D eigenvalue weighted by Gasteiger charge is 2.25. The SMILES string of the molecule is Cc1cc(C)c(Nc2nc(C)ncc2S(=O)(=O)c2ccc(N3CCCC3)cc2)c(C)c1. The van der Waals surface area contributed by atoms with E-state index in [0.717, 1.165) is 41.2 Å². The molecular formula is C24H28N4O2S. The molecule has 1 saturated heterocycles. The topological polar surface area (TPSA) is 75.2 Å². The molecule has 0 bridgehead atoms. The zero-order valence-corrected chi connectivity index (χ0v) is 19.3. The summed E-state index contributed by atoms with van der Waals surface area (Å²) in [5.74, 6) is 0.805. The Kier molecular flexibility index (Phi) is 5.71. The predicted molar refractivity (Wildman–Crippen MR) is 124 cm³/mol. The van der Waals surface area contributed by atoms with Gasteiger partial charge in [-0.1, -0.05) is 17.7 Å². The smallest absolute Gasteiger partial charge is 0.211 e. The van der Waals surface area contributed by atoms with E-state index in [9.17, 15) is 8.42 Å². The lowest BCUT2D eigenvalue weighted by molar-refractivity contribution is 0.595. The lowest BCUT2D eigenvalue weighted by Gasteiger charge is -2.18. The fourth-order valence-electron chi connectivity index (χ4n) is 4.18. The first-order chi connectivity index (χ1) is 14.8. The molecule has 0 aliphatic carbocycles. The van der Waals surface area contributed by atoms with Crippen LogP contribution < -0.4 is 10.2 Å². The van der Waals surface area contributed by atoms with Crippen molar-refractivity contribution >= 4 is 27.0 Å². The fraction of sp³-hybridized carbons (Fsp3) is 0.333. The summed E-state index contributed by atoms with van der Waals surface area (Å²) in [7, 11) is -3.79. The summed E-state index contributed by atoms with van der Waals surface area (Å²) in [6, 6.07) is 11.2. The monoisotopic (exact) mass is 436 g/mol. The van der Waals surface area contributed by atoms with E-state index in [2.05, 4.69) is 32.3 Å². The molecule has 31 heavy (non-hydrogen) atoms. The van der Waals surface area contributed by atoms with Gasteiger partial charge in [0, 0.05) is 24.5 Å². The number of aromatic nitrogens is 2. The molecule has 0 atom stereocenters. The van der Waals surface area contributed by atoms with E-state index in [-0.39, 0.29) is 9.79 Å². The Hall–Kier alpha value is -2.93. The summed E-state index contributed by atoms with van der Waals surface area (Å²) in [4.78, 5) is 11.2. The second-order valence-corrected chi connectivity index (χ2v) is 10.1. The van der Waals surface area contributed by atoms with Crippen molar-refractivity contribution in [3.05, 3.63) is 65.1 Å². The largest absolute Gasteiger partial charge is 0.372 e. The van der Waals surface area contributed by atoms with Gasteiger partial charge in [0.25, 0.3) is 0 Å². The first-order valence-electron chi connectivity index (χ1n) is 10.5. The van der Waals surface area contributed by atoms with Gasteiger partial charge < -0.3 is 10.2 Å². The Bertz CT molecular complexity index is 1190. The normalized spacial score (nSPS) is 14.1. The van der Waals surface area contributed by atoms with Gasteiger partial charge in [-0.3, -0.25) is 0 Å². The van der Waals surface area contributed by atoms with Gasteiger partial charge in [-0.2, -0.15) is 0 Å². The first-order valence-corrected chi connectivity index (χ1v) is 12.0. The highest BCUT2D eigenvalue weighted by atomic mass is 32.2. The molecule has 0 amide bonds. The van der Waals surface area contributed by atoms with Crippen molar-refractivity contribution in [1.29, 1.82) is 0 Å². The molecule has 0 unspecified atom stereocenters. The second-order valence-electron chi connectivity index (χ2n) is 8.22. The van der Waals surface area contributed by atoms with E-state index in [1.54, 1.807) is 19.1 Å². The second kappa shape index (κ2) is 8.30. The molecule has 0 spiro atoms. The van der Waals surface area contributed by atoms with Crippen LogP contribution in [-0.2, 0) is 9.84 Å². The quantitative estimate of drug-likeness (QED) is 0.614. The summed E-state index contributed by atoms with van der Waals surface area (Å²) >= 11 is 0. The van der Waals surface area contributed by atoms with Crippen LogP contribution in [0.2, 0.25) is 0 Å². The number of nitrogens with zero attached hydrogens (tertiary/aromatic N) is 3. The summed E-state index contributed by atoms with van der Waals surface area (Å²) in [5.41, 5.74) is 5.15. The third-order valence-corrected chi connectivity index (χ3v) is 7.47. The average Bonchev–Trinajstić information content (AvgIpc) is 3.25. The van der Waals surface area contributed by atoms with Crippen LogP contribution >= 0.6 is 0 Å². The average molecular weight is 437 g/mol. The van der Waals surface area contributed by atoms with E-state index in [1.807, 2.05) is 32.9 Å². The molecule has 162 valence electrons. The Morgan fingerprint density at radius 1 is 0.935 bits per heavy atom. The van der Waals surface area contributed by atoms with Gasteiger partial charge in [0.15, 0.2) is 5.82 Å². The molecule has 1 aliphatic rings. The van der Waals surface area contributed by atoms with Crippen LogP contribution in [0.25, 0.3) is 0 Å². The van der Waals surface area contributed by atoms with Gasteiger partial charge in [0.1, 0.15) is 10.7 Å². The van der Waals surface area contributed by atoms with Gasteiger partial charge in [-0.15, -0.1) is 0 Å². The van der Waals surface area contributed by atoms with Crippen LogP contribution in [-0.4, -0.2) is 31.5 Å². The number of hydrogen-bond acceptors (Lipinski definition) is 6. The van der Waals surface area contributed by atoms with Crippen molar-refractivity contribution in [3.63, 3.8) is 0 Å². The maximum atomic E-state index is 13.5. The summed E-state index contributed by atoms with van der Waals surface area (Å²) in [6.45, 7) is 9.83. The van der Waals surface area contributed by atoms with E-state index < -0.39 is 9.84 Å². The van der Waals surface area contributed by atoms with Gasteiger partial charge in [0.05, 0.1) is 11.1 Å². The molecule has 3 aromatic rings. The molecule has 6 nitrogen and oxygen atoms in total. The molecule has 2 heterocycles. The lowest BCUT2D eigenvalue weighted by atomic mass is 10.1. The summed E-state index contributed by atoms with van der Waals surface area (Å²) in [6.07, 6.45) is 3.74. The molecular weight excluding hydrogens is 408 g/mol. The number of benzene rings is 2.